The molecular weight excluding hydrogens is 352 g/mol. The lowest BCUT2D eigenvalue weighted by molar-refractivity contribution is 0.0919. The van der Waals surface area contributed by atoms with Crippen molar-refractivity contribution in [3.05, 3.63) is 26.4 Å². The number of nitrogen functional groups attached to an aromatic ring is 1. The van der Waals surface area contributed by atoms with Gasteiger partial charge in [0.15, 0.2) is 5.78 Å². The summed E-state index contributed by atoms with van der Waals surface area (Å²) in [5.41, 5.74) is 4.92. The van der Waals surface area contributed by atoms with E-state index in [1.807, 2.05) is 37.6 Å². The van der Waals surface area contributed by atoms with Crippen molar-refractivity contribution < 1.29 is 4.79 Å². The predicted molar refractivity (Wildman–Crippen MR) is 107 cm³/mol. The Balaban J connectivity index is 2.30. The topological polar surface area (TPSA) is 90.3 Å². The Hall–Kier alpha value is -1.54. The Kier molecular flexibility index (Phi) is 6.74. The zero-order valence-electron chi connectivity index (χ0n) is 16.3. The largest absolute Gasteiger partial charge is 0.384 e. The van der Waals surface area contributed by atoms with Crippen LogP contribution in [0.3, 0.4) is 0 Å². The fraction of sp³-hybridized carbons (Fsp3) is 0.722. The standard InChI is InChI=1S/C18H30N4O3S/c1-11(2)9-22-16(19)15(17(24)21(4)18(22)25)14(23)10-20(3)12-6-7-13(8-12)26-5/h11-13H,6-10,19H2,1-5H3/t12-,13-/m0/s1. The van der Waals surface area contributed by atoms with Crippen LogP contribution in [0, 0.1) is 5.92 Å². The molecule has 1 aromatic heterocycles. The van der Waals surface area contributed by atoms with Gasteiger partial charge >= 0.3 is 5.69 Å². The first-order valence-corrected chi connectivity index (χ1v) is 10.3. The van der Waals surface area contributed by atoms with Crippen LogP contribution in [0.5, 0.6) is 0 Å². The molecule has 146 valence electrons. The third-order valence-corrected chi connectivity index (χ3v) is 6.21. The molecule has 2 atom stereocenters. The summed E-state index contributed by atoms with van der Waals surface area (Å²) in [5.74, 6) is -0.172. The fourth-order valence-electron chi connectivity index (χ4n) is 3.55. The molecule has 0 unspecified atom stereocenters. The summed E-state index contributed by atoms with van der Waals surface area (Å²) >= 11 is 1.86. The molecule has 7 nitrogen and oxygen atoms in total. The summed E-state index contributed by atoms with van der Waals surface area (Å²) in [5, 5.41) is 0.628. The van der Waals surface area contributed by atoms with Crippen molar-refractivity contribution in [1.29, 1.82) is 0 Å². The quantitative estimate of drug-likeness (QED) is 0.712. The number of nitrogens with zero attached hydrogens (tertiary/aromatic N) is 3. The van der Waals surface area contributed by atoms with E-state index in [2.05, 4.69) is 6.26 Å². The van der Waals surface area contributed by atoms with Gasteiger partial charge in [-0.05, 0) is 38.5 Å². The molecule has 1 aliphatic carbocycles. The van der Waals surface area contributed by atoms with Crippen LogP contribution in [0.25, 0.3) is 0 Å². The lowest BCUT2D eigenvalue weighted by Gasteiger charge is -2.24. The minimum atomic E-state index is -0.612. The number of aromatic nitrogens is 2. The highest BCUT2D eigenvalue weighted by molar-refractivity contribution is 7.99. The van der Waals surface area contributed by atoms with Gasteiger partial charge in [-0.3, -0.25) is 23.6 Å². The minimum absolute atomic E-state index is 0.0152. The molecule has 0 bridgehead atoms. The Morgan fingerprint density at radius 1 is 1.35 bits per heavy atom. The maximum atomic E-state index is 12.9. The van der Waals surface area contributed by atoms with Crippen LogP contribution in [-0.2, 0) is 13.6 Å². The summed E-state index contributed by atoms with van der Waals surface area (Å²) in [4.78, 5) is 39.7. The Morgan fingerprint density at radius 2 is 2.00 bits per heavy atom. The number of nitrogens with two attached hydrogens (primary N) is 1. The van der Waals surface area contributed by atoms with Gasteiger partial charge in [-0.1, -0.05) is 13.8 Å². The zero-order valence-corrected chi connectivity index (χ0v) is 17.1. The van der Waals surface area contributed by atoms with Gasteiger partial charge in [-0.25, -0.2) is 4.79 Å². The number of rotatable bonds is 7. The maximum absolute atomic E-state index is 12.9. The number of likely N-dealkylation sites (N-methyl/N-ethyl adjacent to an activating group) is 1. The van der Waals surface area contributed by atoms with Gasteiger partial charge in [-0.2, -0.15) is 11.8 Å². The Labute approximate surface area is 158 Å². The predicted octanol–water partition coefficient (Wildman–Crippen LogP) is 1.18. The zero-order chi connectivity index (χ0) is 19.6. The molecular formula is C18H30N4O3S. The number of hydrogen-bond donors (Lipinski definition) is 1. The maximum Gasteiger partial charge on any atom is 0.332 e. The number of Topliss-reactive ketones (excluding diaryl/α,β-unsaturated/α-hetero) is 1. The van der Waals surface area contributed by atoms with E-state index >= 15 is 0 Å². The van der Waals surface area contributed by atoms with Gasteiger partial charge < -0.3 is 5.73 Å². The molecule has 1 aromatic rings. The van der Waals surface area contributed by atoms with Gasteiger partial charge in [0.1, 0.15) is 11.4 Å². The first kappa shape index (κ1) is 20.8. The second-order valence-electron chi connectivity index (χ2n) is 7.57. The highest BCUT2D eigenvalue weighted by Gasteiger charge is 2.29. The molecule has 0 aliphatic heterocycles. The number of carbonyl (C=O) groups is 1. The lowest BCUT2D eigenvalue weighted by Crippen LogP contribution is -2.45. The third-order valence-electron chi connectivity index (χ3n) is 5.12. The van der Waals surface area contributed by atoms with E-state index in [9.17, 15) is 14.4 Å². The van der Waals surface area contributed by atoms with Gasteiger partial charge in [0.05, 0.1) is 6.54 Å². The van der Waals surface area contributed by atoms with Crippen LogP contribution in [-0.4, -0.2) is 51.0 Å². The molecule has 0 aromatic carbocycles. The number of anilines is 1. The minimum Gasteiger partial charge on any atom is -0.384 e. The average Bonchev–Trinajstić information content (AvgIpc) is 3.06. The SMILES string of the molecule is CS[C@H]1CC[C@H](N(C)CC(=O)c2c(N)n(CC(C)C)c(=O)n(C)c2=O)C1. The number of hydrogen-bond acceptors (Lipinski definition) is 6. The highest BCUT2D eigenvalue weighted by atomic mass is 32.2. The summed E-state index contributed by atoms with van der Waals surface area (Å²) in [7, 11) is 3.30. The lowest BCUT2D eigenvalue weighted by atomic mass is 10.1. The molecule has 2 rings (SSSR count). The molecule has 1 aliphatic rings. The Bertz CT molecular complexity index is 784. The van der Waals surface area contributed by atoms with E-state index in [0.29, 0.717) is 17.8 Å². The van der Waals surface area contributed by atoms with Crippen LogP contribution in [0.15, 0.2) is 9.59 Å². The van der Waals surface area contributed by atoms with Crippen molar-refractivity contribution in [2.75, 3.05) is 25.6 Å². The summed E-state index contributed by atoms with van der Waals surface area (Å²) in [6.07, 6.45) is 5.36. The molecule has 1 saturated carbocycles. The van der Waals surface area contributed by atoms with Crippen molar-refractivity contribution in [2.24, 2.45) is 13.0 Å². The second kappa shape index (κ2) is 8.43. The molecule has 0 radical (unpaired) electrons. The first-order chi connectivity index (χ1) is 12.2. The van der Waals surface area contributed by atoms with Gasteiger partial charge in [0.25, 0.3) is 5.56 Å². The van der Waals surface area contributed by atoms with Gasteiger partial charge in [-0.15, -0.1) is 0 Å². The van der Waals surface area contributed by atoms with E-state index < -0.39 is 11.2 Å². The average molecular weight is 383 g/mol. The monoisotopic (exact) mass is 382 g/mol. The first-order valence-electron chi connectivity index (χ1n) is 9.02. The van der Waals surface area contributed by atoms with Gasteiger partial charge in [0.2, 0.25) is 0 Å². The molecule has 26 heavy (non-hydrogen) atoms. The highest BCUT2D eigenvalue weighted by Crippen LogP contribution is 2.30. The van der Waals surface area contributed by atoms with Crippen LogP contribution in [0.2, 0.25) is 0 Å². The molecule has 1 heterocycles. The molecule has 0 spiro atoms. The van der Waals surface area contributed by atoms with Crippen LogP contribution in [0.1, 0.15) is 43.5 Å². The van der Waals surface area contributed by atoms with E-state index in [0.717, 1.165) is 23.8 Å². The molecule has 0 amide bonds. The van der Waals surface area contributed by atoms with Crippen molar-refractivity contribution in [1.82, 2.24) is 14.0 Å². The summed E-state index contributed by atoms with van der Waals surface area (Å²) < 4.78 is 2.31. The fourth-order valence-corrected chi connectivity index (χ4v) is 4.34. The number of ketones is 1. The van der Waals surface area contributed by atoms with E-state index in [-0.39, 0.29) is 29.6 Å². The normalized spacial score (nSPS) is 20.3. The number of thioether (sulfide) groups is 1. The van der Waals surface area contributed by atoms with Crippen molar-refractivity contribution in [2.45, 2.75) is 50.9 Å². The molecule has 2 N–H and O–H groups in total. The van der Waals surface area contributed by atoms with Crippen LogP contribution in [0.4, 0.5) is 5.82 Å². The molecule has 1 fully saturated rings. The summed E-state index contributed by atoms with van der Waals surface area (Å²) in [6, 6.07) is 0.336. The van der Waals surface area contributed by atoms with Crippen LogP contribution < -0.4 is 17.0 Å². The molecule has 8 heteroatoms. The summed E-state index contributed by atoms with van der Waals surface area (Å²) in [6.45, 7) is 4.40. The van der Waals surface area contributed by atoms with Crippen LogP contribution >= 0.6 is 11.8 Å². The smallest absolute Gasteiger partial charge is 0.332 e. The number of carbonyl (C=O) groups excluding carboxylic acids is 1. The van der Waals surface area contributed by atoms with Crippen molar-refractivity contribution in [3.8, 4) is 0 Å². The van der Waals surface area contributed by atoms with E-state index in [1.54, 1.807) is 0 Å². The Morgan fingerprint density at radius 3 is 2.54 bits per heavy atom. The van der Waals surface area contributed by atoms with Gasteiger partial charge in [0, 0.05) is 24.9 Å². The van der Waals surface area contributed by atoms with E-state index in [4.69, 9.17) is 5.73 Å². The van der Waals surface area contributed by atoms with Crippen molar-refractivity contribution in [3.63, 3.8) is 0 Å². The second-order valence-corrected chi connectivity index (χ2v) is 8.71. The third kappa shape index (κ3) is 4.23. The van der Waals surface area contributed by atoms with E-state index in [1.165, 1.54) is 11.6 Å². The molecule has 0 saturated heterocycles. The van der Waals surface area contributed by atoms with Crippen molar-refractivity contribution >= 4 is 23.4 Å².